The van der Waals surface area contributed by atoms with Crippen LogP contribution in [0.5, 0.6) is 0 Å². The molecule has 1 heterocycles. The second-order valence-corrected chi connectivity index (χ2v) is 4.67. The lowest BCUT2D eigenvalue weighted by Gasteiger charge is -2.26. The molecule has 0 radical (unpaired) electrons. The summed E-state index contributed by atoms with van der Waals surface area (Å²) < 4.78 is 0. The highest BCUT2D eigenvalue weighted by Crippen LogP contribution is 2.15. The van der Waals surface area contributed by atoms with Crippen LogP contribution in [0.3, 0.4) is 0 Å². The van der Waals surface area contributed by atoms with Gasteiger partial charge in [-0.3, -0.25) is 14.6 Å². The number of aliphatic carboxylic acids is 1. The molecule has 0 aromatic carbocycles. The zero-order valence-corrected chi connectivity index (χ0v) is 10.8. The normalized spacial score (nSPS) is 23.2. The largest absolute Gasteiger partial charge is 0.481 e. The first-order chi connectivity index (χ1) is 8.06. The zero-order chi connectivity index (χ0) is 12.8. The van der Waals surface area contributed by atoms with E-state index in [4.69, 9.17) is 5.11 Å². The van der Waals surface area contributed by atoms with Crippen molar-refractivity contribution in [2.45, 2.75) is 38.8 Å². The lowest BCUT2D eigenvalue weighted by molar-refractivity contribution is -0.139. The third-order valence-electron chi connectivity index (χ3n) is 3.46. The van der Waals surface area contributed by atoms with Crippen LogP contribution in [0.4, 0.5) is 0 Å². The van der Waals surface area contributed by atoms with Crippen LogP contribution < -0.4 is 0 Å². The first-order valence-corrected chi connectivity index (χ1v) is 6.43. The van der Waals surface area contributed by atoms with E-state index in [2.05, 4.69) is 23.6 Å². The standard InChI is InChI=1S/C12H24N2O3/c1-3-14(4-2)10-5-6-13(8-10)9-11(15)7-12(16)17/h10-11,15H,3-9H2,1-2H3,(H,16,17). The van der Waals surface area contributed by atoms with Crippen molar-refractivity contribution in [2.24, 2.45) is 0 Å². The van der Waals surface area contributed by atoms with Gasteiger partial charge in [-0.25, -0.2) is 0 Å². The van der Waals surface area contributed by atoms with Gasteiger partial charge in [0.15, 0.2) is 0 Å². The molecule has 1 aliphatic heterocycles. The molecule has 2 N–H and O–H groups in total. The lowest BCUT2D eigenvalue weighted by atomic mass is 10.2. The molecule has 5 heteroatoms. The highest BCUT2D eigenvalue weighted by molar-refractivity contribution is 5.67. The summed E-state index contributed by atoms with van der Waals surface area (Å²) in [6, 6.07) is 0.557. The molecule has 1 fully saturated rings. The van der Waals surface area contributed by atoms with Gasteiger partial charge in [0.2, 0.25) is 0 Å². The van der Waals surface area contributed by atoms with Crippen molar-refractivity contribution < 1.29 is 15.0 Å². The third kappa shape index (κ3) is 4.61. The Kier molecular flexibility index (Phi) is 5.88. The number of aliphatic hydroxyl groups is 1. The number of carboxylic acid groups (broad SMARTS) is 1. The Bertz CT molecular complexity index is 244. The zero-order valence-electron chi connectivity index (χ0n) is 10.8. The maximum Gasteiger partial charge on any atom is 0.306 e. The van der Waals surface area contributed by atoms with E-state index in [-0.39, 0.29) is 6.42 Å². The van der Waals surface area contributed by atoms with Crippen LogP contribution in [-0.4, -0.2) is 70.9 Å². The van der Waals surface area contributed by atoms with Crippen LogP contribution in [0.25, 0.3) is 0 Å². The maximum atomic E-state index is 10.5. The molecule has 1 rings (SSSR count). The number of aliphatic hydroxyl groups excluding tert-OH is 1. The summed E-state index contributed by atoms with van der Waals surface area (Å²) in [7, 11) is 0. The number of likely N-dealkylation sites (N-methyl/N-ethyl adjacent to an activating group) is 1. The monoisotopic (exact) mass is 244 g/mol. The van der Waals surface area contributed by atoms with Gasteiger partial charge in [0.25, 0.3) is 0 Å². The van der Waals surface area contributed by atoms with Crippen LogP contribution in [-0.2, 0) is 4.79 Å². The van der Waals surface area contributed by atoms with Crippen molar-refractivity contribution in [3.05, 3.63) is 0 Å². The molecule has 0 aromatic rings. The smallest absolute Gasteiger partial charge is 0.306 e. The van der Waals surface area contributed by atoms with E-state index in [1.165, 1.54) is 0 Å². The van der Waals surface area contributed by atoms with Gasteiger partial charge in [-0.15, -0.1) is 0 Å². The lowest BCUT2D eigenvalue weighted by Crippen LogP contribution is -2.39. The fourth-order valence-electron chi connectivity index (χ4n) is 2.58. The Balaban J connectivity index is 2.32. The van der Waals surface area contributed by atoms with Crippen LogP contribution in [0, 0.1) is 0 Å². The minimum atomic E-state index is -0.933. The number of carboxylic acids is 1. The molecule has 100 valence electrons. The van der Waals surface area contributed by atoms with E-state index in [0.717, 1.165) is 32.6 Å². The van der Waals surface area contributed by atoms with Crippen molar-refractivity contribution in [1.82, 2.24) is 9.80 Å². The second kappa shape index (κ2) is 6.93. The molecule has 0 amide bonds. The number of rotatable bonds is 7. The summed E-state index contributed by atoms with van der Waals surface area (Å²) in [5, 5.41) is 18.2. The van der Waals surface area contributed by atoms with Crippen LogP contribution >= 0.6 is 0 Å². The van der Waals surface area contributed by atoms with Gasteiger partial charge in [0.05, 0.1) is 12.5 Å². The maximum absolute atomic E-state index is 10.5. The molecule has 1 saturated heterocycles. The van der Waals surface area contributed by atoms with Crippen LogP contribution in [0.1, 0.15) is 26.7 Å². The van der Waals surface area contributed by atoms with Crippen LogP contribution in [0.2, 0.25) is 0 Å². The number of carbonyl (C=O) groups is 1. The quantitative estimate of drug-likeness (QED) is 0.671. The number of likely N-dealkylation sites (tertiary alicyclic amines) is 1. The minimum absolute atomic E-state index is 0.160. The first-order valence-electron chi connectivity index (χ1n) is 6.43. The predicted molar refractivity (Wildman–Crippen MR) is 66.0 cm³/mol. The highest BCUT2D eigenvalue weighted by atomic mass is 16.4. The third-order valence-corrected chi connectivity index (χ3v) is 3.46. The summed E-state index contributed by atoms with van der Waals surface area (Å²) in [6.45, 7) is 8.79. The second-order valence-electron chi connectivity index (χ2n) is 4.67. The summed E-state index contributed by atoms with van der Waals surface area (Å²) in [4.78, 5) is 15.0. The van der Waals surface area contributed by atoms with E-state index >= 15 is 0 Å². The van der Waals surface area contributed by atoms with Crippen molar-refractivity contribution >= 4 is 5.97 Å². The molecule has 0 bridgehead atoms. The van der Waals surface area contributed by atoms with Gasteiger partial charge >= 0.3 is 5.97 Å². The summed E-state index contributed by atoms with van der Waals surface area (Å²) in [5.41, 5.74) is 0. The van der Waals surface area contributed by atoms with Crippen LogP contribution in [0.15, 0.2) is 0 Å². The van der Waals surface area contributed by atoms with Crippen molar-refractivity contribution in [3.63, 3.8) is 0 Å². The molecule has 0 saturated carbocycles. The minimum Gasteiger partial charge on any atom is -0.481 e. The van der Waals surface area contributed by atoms with Gasteiger partial charge in [0, 0.05) is 19.1 Å². The van der Waals surface area contributed by atoms with E-state index in [1.807, 2.05) is 0 Å². The topological polar surface area (TPSA) is 64.0 Å². The Morgan fingerprint density at radius 1 is 1.47 bits per heavy atom. The molecule has 2 atom stereocenters. The molecule has 17 heavy (non-hydrogen) atoms. The number of β-amino-alcohol motifs (C(OH)–C–C–N with tert-alkyl or cyclic N) is 1. The SMILES string of the molecule is CCN(CC)C1CCN(CC(O)CC(=O)O)C1. The van der Waals surface area contributed by atoms with Gasteiger partial charge < -0.3 is 10.2 Å². The van der Waals surface area contributed by atoms with Crippen molar-refractivity contribution in [3.8, 4) is 0 Å². The van der Waals surface area contributed by atoms with E-state index in [0.29, 0.717) is 12.6 Å². The first kappa shape index (κ1) is 14.4. The van der Waals surface area contributed by atoms with Gasteiger partial charge in [-0.05, 0) is 26.1 Å². The summed E-state index contributed by atoms with van der Waals surface area (Å²) in [5.74, 6) is -0.933. The van der Waals surface area contributed by atoms with E-state index in [1.54, 1.807) is 0 Å². The Morgan fingerprint density at radius 2 is 2.12 bits per heavy atom. The fourth-order valence-corrected chi connectivity index (χ4v) is 2.58. The summed E-state index contributed by atoms with van der Waals surface area (Å²) in [6.07, 6.45) is 0.205. The van der Waals surface area contributed by atoms with Crippen molar-refractivity contribution in [2.75, 3.05) is 32.7 Å². The average molecular weight is 244 g/mol. The molecule has 0 aromatic heterocycles. The Morgan fingerprint density at radius 3 is 2.65 bits per heavy atom. The van der Waals surface area contributed by atoms with E-state index < -0.39 is 12.1 Å². The Labute approximate surface area is 103 Å². The van der Waals surface area contributed by atoms with Gasteiger partial charge in [-0.1, -0.05) is 13.8 Å². The average Bonchev–Trinajstić information content (AvgIpc) is 2.67. The molecular weight excluding hydrogens is 220 g/mol. The van der Waals surface area contributed by atoms with Crippen molar-refractivity contribution in [1.29, 1.82) is 0 Å². The highest BCUT2D eigenvalue weighted by Gasteiger charge is 2.27. The van der Waals surface area contributed by atoms with Gasteiger partial charge in [-0.2, -0.15) is 0 Å². The molecule has 5 nitrogen and oxygen atoms in total. The molecule has 0 aliphatic carbocycles. The molecule has 2 unspecified atom stereocenters. The number of hydrogen-bond donors (Lipinski definition) is 2. The summed E-state index contributed by atoms with van der Waals surface area (Å²) >= 11 is 0. The molecule has 1 aliphatic rings. The predicted octanol–water partition coefficient (Wildman–Crippen LogP) is 0.238. The molecule has 0 spiro atoms. The van der Waals surface area contributed by atoms with E-state index in [9.17, 15) is 9.90 Å². The number of hydrogen-bond acceptors (Lipinski definition) is 4. The van der Waals surface area contributed by atoms with Gasteiger partial charge in [0.1, 0.15) is 0 Å². The number of nitrogens with zero attached hydrogens (tertiary/aromatic N) is 2. The Hall–Kier alpha value is -0.650. The molecular formula is C12H24N2O3. The fraction of sp³-hybridized carbons (Fsp3) is 0.917.